The van der Waals surface area contributed by atoms with E-state index in [4.69, 9.17) is 17.3 Å². The van der Waals surface area contributed by atoms with E-state index in [0.717, 1.165) is 37.6 Å². The number of benzene rings is 2. The Labute approximate surface area is 142 Å². The lowest BCUT2D eigenvalue weighted by Crippen LogP contribution is -2.46. The molecule has 5 heteroatoms. The summed E-state index contributed by atoms with van der Waals surface area (Å²) in [5.74, 6) is 0. The minimum absolute atomic E-state index is 0.680. The number of nitrogen functional groups attached to an aromatic ring is 1. The minimum atomic E-state index is 0.680. The fraction of sp³-hybridized carbons (Fsp3) is 0.333. The summed E-state index contributed by atoms with van der Waals surface area (Å²) >= 11 is 6.40. The number of anilines is 4. The van der Waals surface area contributed by atoms with Crippen LogP contribution < -0.4 is 20.9 Å². The SMILES string of the molecule is CNc1cc(N2CCN(c3ccc(C)cc3)CC2)c(Cl)cc1N. The van der Waals surface area contributed by atoms with E-state index in [1.165, 1.54) is 11.3 Å². The van der Waals surface area contributed by atoms with Crippen molar-refractivity contribution >= 4 is 34.4 Å². The predicted molar refractivity (Wildman–Crippen MR) is 101 cm³/mol. The Balaban J connectivity index is 1.73. The van der Waals surface area contributed by atoms with E-state index in [1.54, 1.807) is 0 Å². The van der Waals surface area contributed by atoms with Crippen molar-refractivity contribution < 1.29 is 0 Å². The predicted octanol–water partition coefficient (Wildman–Crippen LogP) is 3.60. The highest BCUT2D eigenvalue weighted by Gasteiger charge is 2.20. The number of nitrogens with one attached hydrogen (secondary N) is 1. The van der Waals surface area contributed by atoms with Gasteiger partial charge in [-0.15, -0.1) is 0 Å². The third-order valence-electron chi connectivity index (χ3n) is 4.41. The van der Waals surface area contributed by atoms with Crippen LogP contribution in [-0.2, 0) is 0 Å². The van der Waals surface area contributed by atoms with Crippen LogP contribution in [-0.4, -0.2) is 33.2 Å². The molecule has 4 nitrogen and oxygen atoms in total. The molecule has 3 rings (SSSR count). The van der Waals surface area contributed by atoms with Crippen LogP contribution >= 0.6 is 11.6 Å². The fourth-order valence-corrected chi connectivity index (χ4v) is 3.29. The molecule has 0 aliphatic carbocycles. The van der Waals surface area contributed by atoms with Crippen molar-refractivity contribution in [2.75, 3.05) is 54.1 Å². The summed E-state index contributed by atoms with van der Waals surface area (Å²) in [6.45, 7) is 5.98. The van der Waals surface area contributed by atoms with Gasteiger partial charge in [-0.05, 0) is 31.2 Å². The lowest BCUT2D eigenvalue weighted by molar-refractivity contribution is 0.654. The van der Waals surface area contributed by atoms with Crippen LogP contribution in [0.25, 0.3) is 0 Å². The molecule has 1 heterocycles. The van der Waals surface area contributed by atoms with E-state index in [2.05, 4.69) is 46.3 Å². The van der Waals surface area contributed by atoms with Gasteiger partial charge in [0.2, 0.25) is 0 Å². The van der Waals surface area contributed by atoms with Crippen LogP contribution in [0.1, 0.15) is 5.56 Å². The molecule has 1 saturated heterocycles. The second kappa shape index (κ2) is 6.59. The molecule has 0 saturated carbocycles. The number of nitrogens with two attached hydrogens (primary N) is 1. The first kappa shape index (κ1) is 15.8. The van der Waals surface area contributed by atoms with Gasteiger partial charge in [0.1, 0.15) is 0 Å². The van der Waals surface area contributed by atoms with E-state index in [0.29, 0.717) is 10.7 Å². The zero-order valence-electron chi connectivity index (χ0n) is 13.6. The summed E-state index contributed by atoms with van der Waals surface area (Å²) in [7, 11) is 1.87. The molecule has 0 radical (unpaired) electrons. The zero-order chi connectivity index (χ0) is 16.4. The Kier molecular flexibility index (Phi) is 4.53. The Hall–Kier alpha value is -2.07. The van der Waals surface area contributed by atoms with E-state index in [-0.39, 0.29) is 0 Å². The maximum Gasteiger partial charge on any atom is 0.0661 e. The third-order valence-corrected chi connectivity index (χ3v) is 4.71. The second-order valence-electron chi connectivity index (χ2n) is 5.95. The second-order valence-corrected chi connectivity index (χ2v) is 6.36. The lowest BCUT2D eigenvalue weighted by atomic mass is 10.1. The molecule has 2 aromatic carbocycles. The summed E-state index contributed by atoms with van der Waals surface area (Å²) in [5, 5.41) is 3.83. The van der Waals surface area contributed by atoms with Gasteiger partial charge in [0.25, 0.3) is 0 Å². The number of halogens is 1. The number of rotatable bonds is 3. The number of aryl methyl sites for hydroxylation is 1. The molecule has 0 amide bonds. The lowest BCUT2D eigenvalue weighted by Gasteiger charge is -2.38. The van der Waals surface area contributed by atoms with Crippen molar-refractivity contribution in [3.8, 4) is 0 Å². The van der Waals surface area contributed by atoms with Gasteiger partial charge < -0.3 is 20.9 Å². The topological polar surface area (TPSA) is 44.5 Å². The van der Waals surface area contributed by atoms with Crippen LogP contribution in [0.3, 0.4) is 0 Å². The molecule has 0 atom stereocenters. The first-order valence-electron chi connectivity index (χ1n) is 7.92. The largest absolute Gasteiger partial charge is 0.397 e. The Bertz CT molecular complexity index is 676. The number of nitrogens with zero attached hydrogens (tertiary/aromatic N) is 2. The summed E-state index contributed by atoms with van der Waals surface area (Å²) in [5.41, 5.74) is 11.2. The van der Waals surface area contributed by atoms with Crippen molar-refractivity contribution in [3.63, 3.8) is 0 Å². The average Bonchev–Trinajstić information content (AvgIpc) is 2.56. The summed E-state index contributed by atoms with van der Waals surface area (Å²) < 4.78 is 0. The summed E-state index contributed by atoms with van der Waals surface area (Å²) in [6, 6.07) is 12.6. The summed E-state index contributed by atoms with van der Waals surface area (Å²) in [6.07, 6.45) is 0. The molecule has 3 N–H and O–H groups in total. The van der Waals surface area contributed by atoms with Gasteiger partial charge in [0.15, 0.2) is 0 Å². The van der Waals surface area contributed by atoms with Gasteiger partial charge >= 0.3 is 0 Å². The molecule has 122 valence electrons. The number of piperazine rings is 1. The zero-order valence-corrected chi connectivity index (χ0v) is 14.4. The Morgan fingerprint density at radius 1 is 1.00 bits per heavy atom. The van der Waals surface area contributed by atoms with Gasteiger partial charge in [0.05, 0.1) is 22.1 Å². The van der Waals surface area contributed by atoms with Crippen LogP contribution in [0.4, 0.5) is 22.7 Å². The Morgan fingerprint density at radius 3 is 2.22 bits per heavy atom. The Morgan fingerprint density at radius 2 is 1.61 bits per heavy atom. The maximum absolute atomic E-state index is 6.40. The number of hydrogen-bond donors (Lipinski definition) is 2. The van der Waals surface area contributed by atoms with E-state index in [9.17, 15) is 0 Å². The average molecular weight is 331 g/mol. The molecule has 1 aliphatic heterocycles. The van der Waals surface area contributed by atoms with E-state index < -0.39 is 0 Å². The molecular weight excluding hydrogens is 308 g/mol. The van der Waals surface area contributed by atoms with Gasteiger partial charge in [-0.3, -0.25) is 0 Å². The van der Waals surface area contributed by atoms with Crippen LogP contribution in [0.15, 0.2) is 36.4 Å². The fourth-order valence-electron chi connectivity index (χ4n) is 3.00. The first-order chi connectivity index (χ1) is 11.1. The van der Waals surface area contributed by atoms with Crippen LogP contribution in [0.5, 0.6) is 0 Å². The van der Waals surface area contributed by atoms with Crippen LogP contribution in [0.2, 0.25) is 5.02 Å². The highest BCUT2D eigenvalue weighted by molar-refractivity contribution is 6.33. The van der Waals surface area contributed by atoms with Crippen molar-refractivity contribution in [2.24, 2.45) is 0 Å². The van der Waals surface area contributed by atoms with E-state index in [1.807, 2.05) is 19.2 Å². The van der Waals surface area contributed by atoms with E-state index >= 15 is 0 Å². The third kappa shape index (κ3) is 3.32. The molecule has 0 unspecified atom stereocenters. The monoisotopic (exact) mass is 330 g/mol. The van der Waals surface area contributed by atoms with Gasteiger partial charge in [-0.1, -0.05) is 29.3 Å². The van der Waals surface area contributed by atoms with Crippen molar-refractivity contribution in [1.82, 2.24) is 0 Å². The standard InChI is InChI=1S/C18H23ClN4/c1-13-3-5-14(6-4-13)22-7-9-23(10-8-22)18-12-17(21-2)16(20)11-15(18)19/h3-6,11-12,21H,7-10,20H2,1-2H3. The van der Waals surface area contributed by atoms with Gasteiger partial charge in [0, 0.05) is 38.9 Å². The molecule has 1 aliphatic rings. The molecule has 0 bridgehead atoms. The van der Waals surface area contributed by atoms with Crippen LogP contribution in [0, 0.1) is 6.92 Å². The van der Waals surface area contributed by atoms with Gasteiger partial charge in [-0.25, -0.2) is 0 Å². The molecule has 0 spiro atoms. The van der Waals surface area contributed by atoms with Crippen molar-refractivity contribution in [3.05, 3.63) is 47.0 Å². The summed E-state index contributed by atoms with van der Waals surface area (Å²) in [4.78, 5) is 4.74. The first-order valence-corrected chi connectivity index (χ1v) is 8.29. The smallest absolute Gasteiger partial charge is 0.0661 e. The van der Waals surface area contributed by atoms with Crippen molar-refractivity contribution in [1.29, 1.82) is 0 Å². The van der Waals surface area contributed by atoms with Gasteiger partial charge in [-0.2, -0.15) is 0 Å². The molecule has 23 heavy (non-hydrogen) atoms. The number of hydrogen-bond acceptors (Lipinski definition) is 4. The molecular formula is C18H23ClN4. The molecule has 1 fully saturated rings. The van der Waals surface area contributed by atoms with Crippen molar-refractivity contribution in [2.45, 2.75) is 6.92 Å². The molecule has 0 aromatic heterocycles. The quantitative estimate of drug-likeness (QED) is 0.844. The maximum atomic E-state index is 6.40. The highest BCUT2D eigenvalue weighted by atomic mass is 35.5. The normalized spacial score (nSPS) is 14.9. The highest BCUT2D eigenvalue weighted by Crippen LogP contribution is 2.34. The molecule has 2 aromatic rings. The minimum Gasteiger partial charge on any atom is -0.397 e.